The Balaban J connectivity index is 1.93. The molecule has 0 aromatic heterocycles. The summed E-state index contributed by atoms with van der Waals surface area (Å²) in [4.78, 5) is 14.3. The van der Waals surface area contributed by atoms with Crippen molar-refractivity contribution in [1.82, 2.24) is 4.90 Å². The van der Waals surface area contributed by atoms with Gasteiger partial charge in [-0.1, -0.05) is 18.2 Å². The van der Waals surface area contributed by atoms with E-state index in [9.17, 15) is 14.3 Å². The molecule has 116 valence electrons. The van der Waals surface area contributed by atoms with Gasteiger partial charge >= 0.3 is 0 Å². The first-order valence-corrected chi connectivity index (χ1v) is 7.33. The van der Waals surface area contributed by atoms with Crippen molar-refractivity contribution in [2.75, 3.05) is 6.54 Å². The van der Waals surface area contributed by atoms with E-state index >= 15 is 0 Å². The Bertz CT molecular complexity index is 785. The van der Waals surface area contributed by atoms with E-state index in [0.29, 0.717) is 23.1 Å². The number of nitriles is 1. The van der Waals surface area contributed by atoms with E-state index in [1.54, 1.807) is 30.3 Å². The van der Waals surface area contributed by atoms with Crippen LogP contribution >= 0.6 is 0 Å². The van der Waals surface area contributed by atoms with Gasteiger partial charge < -0.3 is 10.0 Å². The fourth-order valence-electron chi connectivity index (χ4n) is 2.96. The van der Waals surface area contributed by atoms with Crippen LogP contribution in [-0.2, 0) is 0 Å². The molecule has 0 saturated carbocycles. The second kappa shape index (κ2) is 6.19. The smallest absolute Gasteiger partial charge is 0.254 e. The third-order valence-electron chi connectivity index (χ3n) is 4.01. The number of hydrogen-bond acceptors (Lipinski definition) is 3. The Labute approximate surface area is 133 Å². The van der Waals surface area contributed by atoms with Gasteiger partial charge in [0.1, 0.15) is 5.82 Å². The van der Waals surface area contributed by atoms with E-state index in [0.717, 1.165) is 0 Å². The van der Waals surface area contributed by atoms with E-state index in [1.807, 2.05) is 6.07 Å². The Morgan fingerprint density at radius 3 is 2.78 bits per heavy atom. The molecule has 3 rings (SSSR count). The summed E-state index contributed by atoms with van der Waals surface area (Å²) in [7, 11) is 0. The maximum absolute atomic E-state index is 13.5. The molecule has 0 bridgehead atoms. The molecule has 2 atom stereocenters. The summed E-state index contributed by atoms with van der Waals surface area (Å²) < 4.78 is 13.5. The molecule has 2 aromatic rings. The standard InChI is InChI=1S/C18H15FN2O2/c19-15-6-2-4-13(8-15)17-9-16(22)11-21(17)18(23)14-5-1-3-12(7-14)10-20/h1-8,16-17,22H,9,11H2. The molecule has 1 amide bonds. The normalized spacial score (nSPS) is 20.3. The molecule has 2 aromatic carbocycles. The Kier molecular flexibility index (Phi) is 4.09. The third-order valence-corrected chi connectivity index (χ3v) is 4.01. The van der Waals surface area contributed by atoms with Crippen molar-refractivity contribution in [3.05, 3.63) is 71.0 Å². The molecule has 23 heavy (non-hydrogen) atoms. The van der Waals surface area contributed by atoms with Crippen LogP contribution in [0, 0.1) is 17.1 Å². The van der Waals surface area contributed by atoms with Gasteiger partial charge in [-0.05, 0) is 42.3 Å². The summed E-state index contributed by atoms with van der Waals surface area (Å²) in [6.07, 6.45) is -0.279. The van der Waals surface area contributed by atoms with Gasteiger partial charge in [0.05, 0.1) is 23.8 Å². The van der Waals surface area contributed by atoms with Crippen LogP contribution in [0.15, 0.2) is 48.5 Å². The van der Waals surface area contributed by atoms with Crippen LogP contribution in [0.2, 0.25) is 0 Å². The molecule has 0 spiro atoms. The number of hydrogen-bond donors (Lipinski definition) is 1. The summed E-state index contributed by atoms with van der Waals surface area (Å²) in [6, 6.07) is 14.1. The van der Waals surface area contributed by atoms with Crippen molar-refractivity contribution in [3.8, 4) is 6.07 Å². The van der Waals surface area contributed by atoms with Gasteiger partial charge in [-0.25, -0.2) is 4.39 Å². The maximum Gasteiger partial charge on any atom is 0.254 e. The lowest BCUT2D eigenvalue weighted by molar-refractivity contribution is 0.0715. The van der Waals surface area contributed by atoms with Gasteiger partial charge in [-0.3, -0.25) is 4.79 Å². The van der Waals surface area contributed by atoms with Crippen molar-refractivity contribution in [3.63, 3.8) is 0 Å². The minimum Gasteiger partial charge on any atom is -0.391 e. The number of carbonyl (C=O) groups is 1. The van der Waals surface area contributed by atoms with Crippen LogP contribution in [0.25, 0.3) is 0 Å². The fourth-order valence-corrected chi connectivity index (χ4v) is 2.96. The van der Waals surface area contributed by atoms with Crippen molar-refractivity contribution in [2.45, 2.75) is 18.6 Å². The second-order valence-corrected chi connectivity index (χ2v) is 5.61. The number of aliphatic hydroxyl groups is 1. The molecule has 1 fully saturated rings. The van der Waals surface area contributed by atoms with Crippen molar-refractivity contribution >= 4 is 5.91 Å². The molecule has 0 aliphatic carbocycles. The lowest BCUT2D eigenvalue weighted by Gasteiger charge is -2.25. The molecular weight excluding hydrogens is 295 g/mol. The van der Waals surface area contributed by atoms with E-state index in [-0.39, 0.29) is 24.3 Å². The third kappa shape index (κ3) is 3.08. The predicted molar refractivity (Wildman–Crippen MR) is 82.0 cm³/mol. The zero-order valence-corrected chi connectivity index (χ0v) is 12.3. The van der Waals surface area contributed by atoms with Crippen LogP contribution < -0.4 is 0 Å². The summed E-state index contributed by atoms with van der Waals surface area (Å²) in [5.74, 6) is -0.643. The quantitative estimate of drug-likeness (QED) is 0.927. The summed E-state index contributed by atoms with van der Waals surface area (Å²) in [5, 5.41) is 18.9. The molecule has 1 saturated heterocycles. The van der Waals surface area contributed by atoms with E-state index in [2.05, 4.69) is 0 Å². The highest BCUT2D eigenvalue weighted by atomic mass is 19.1. The highest BCUT2D eigenvalue weighted by Gasteiger charge is 2.35. The van der Waals surface area contributed by atoms with Crippen LogP contribution in [-0.4, -0.2) is 28.6 Å². The minimum atomic E-state index is -0.647. The number of β-amino-alcohol motifs (C(OH)–C–C–N with tert-alkyl or cyclic N) is 1. The largest absolute Gasteiger partial charge is 0.391 e. The molecular formula is C18H15FN2O2. The van der Waals surface area contributed by atoms with E-state index in [4.69, 9.17) is 5.26 Å². The van der Waals surface area contributed by atoms with Gasteiger partial charge in [-0.15, -0.1) is 0 Å². The van der Waals surface area contributed by atoms with Crippen LogP contribution in [0.5, 0.6) is 0 Å². The zero-order chi connectivity index (χ0) is 16.4. The molecule has 2 unspecified atom stereocenters. The fraction of sp³-hybridized carbons (Fsp3) is 0.222. The average molecular weight is 310 g/mol. The number of nitrogens with zero attached hydrogens (tertiary/aromatic N) is 2. The van der Waals surface area contributed by atoms with Crippen molar-refractivity contribution in [2.24, 2.45) is 0 Å². The number of amides is 1. The number of likely N-dealkylation sites (tertiary alicyclic amines) is 1. The van der Waals surface area contributed by atoms with Crippen molar-refractivity contribution < 1.29 is 14.3 Å². The SMILES string of the molecule is N#Cc1cccc(C(=O)N2CC(O)CC2c2cccc(F)c2)c1. The molecule has 1 aliphatic heterocycles. The molecule has 0 radical (unpaired) electrons. The number of halogens is 1. The van der Waals surface area contributed by atoms with E-state index in [1.165, 1.54) is 23.1 Å². The van der Waals surface area contributed by atoms with Crippen LogP contribution in [0.3, 0.4) is 0 Å². The molecule has 1 N–H and O–H groups in total. The second-order valence-electron chi connectivity index (χ2n) is 5.61. The lowest BCUT2D eigenvalue weighted by atomic mass is 10.0. The molecule has 1 aliphatic rings. The van der Waals surface area contributed by atoms with Gasteiger partial charge in [-0.2, -0.15) is 5.26 Å². The van der Waals surface area contributed by atoms with Gasteiger partial charge in [0, 0.05) is 12.1 Å². The Morgan fingerprint density at radius 1 is 1.26 bits per heavy atom. The van der Waals surface area contributed by atoms with Crippen LogP contribution in [0.1, 0.15) is 33.9 Å². The highest BCUT2D eigenvalue weighted by Crippen LogP contribution is 2.33. The Morgan fingerprint density at radius 2 is 2.04 bits per heavy atom. The average Bonchev–Trinajstić information content (AvgIpc) is 2.96. The minimum absolute atomic E-state index is 0.191. The number of benzene rings is 2. The topological polar surface area (TPSA) is 64.3 Å². The predicted octanol–water partition coefficient (Wildman–Crippen LogP) is 2.65. The van der Waals surface area contributed by atoms with Gasteiger partial charge in [0.2, 0.25) is 0 Å². The maximum atomic E-state index is 13.5. The van der Waals surface area contributed by atoms with Crippen molar-refractivity contribution in [1.29, 1.82) is 5.26 Å². The first-order valence-electron chi connectivity index (χ1n) is 7.33. The molecule has 5 heteroatoms. The summed E-state index contributed by atoms with van der Waals surface area (Å²) in [5.41, 5.74) is 1.45. The zero-order valence-electron chi connectivity index (χ0n) is 12.3. The van der Waals surface area contributed by atoms with E-state index < -0.39 is 6.10 Å². The Hall–Kier alpha value is -2.71. The molecule has 1 heterocycles. The van der Waals surface area contributed by atoms with Crippen LogP contribution in [0.4, 0.5) is 4.39 Å². The van der Waals surface area contributed by atoms with Gasteiger partial charge in [0.25, 0.3) is 5.91 Å². The molecule has 4 nitrogen and oxygen atoms in total. The lowest BCUT2D eigenvalue weighted by Crippen LogP contribution is -2.31. The monoisotopic (exact) mass is 310 g/mol. The summed E-state index contributed by atoms with van der Waals surface area (Å²) in [6.45, 7) is 0.191. The number of rotatable bonds is 2. The number of aliphatic hydroxyl groups excluding tert-OH is 1. The van der Waals surface area contributed by atoms with Gasteiger partial charge in [0.15, 0.2) is 0 Å². The highest BCUT2D eigenvalue weighted by molar-refractivity contribution is 5.95. The summed E-state index contributed by atoms with van der Waals surface area (Å²) >= 11 is 0. The number of carbonyl (C=O) groups excluding carboxylic acids is 1. The first-order chi connectivity index (χ1) is 11.1. The first kappa shape index (κ1) is 15.2.